The lowest BCUT2D eigenvalue weighted by atomic mass is 9.60. The van der Waals surface area contributed by atoms with E-state index >= 15 is 0 Å². The van der Waals surface area contributed by atoms with Crippen LogP contribution >= 0.6 is 0 Å². The second-order valence-electron chi connectivity index (χ2n) is 8.21. The Morgan fingerprint density at radius 2 is 2.00 bits per heavy atom. The van der Waals surface area contributed by atoms with E-state index in [0.29, 0.717) is 12.2 Å². The smallest absolute Gasteiger partial charge is 0.339 e. The number of ether oxygens (including phenoxy) is 2. The molecule has 1 aromatic carbocycles. The van der Waals surface area contributed by atoms with Crippen LogP contribution in [0.1, 0.15) is 73.5 Å². The molecular weight excluding hydrogens is 304 g/mol. The van der Waals surface area contributed by atoms with Gasteiger partial charge in [0.25, 0.3) is 0 Å². The molecular formula is C20H26O4. The van der Waals surface area contributed by atoms with Crippen LogP contribution in [0, 0.1) is 5.41 Å². The minimum Gasteiger partial charge on any atom is -0.469 e. The third-order valence-corrected chi connectivity index (χ3v) is 5.61. The van der Waals surface area contributed by atoms with Crippen molar-refractivity contribution in [1.29, 1.82) is 0 Å². The SMILES string of the molecule is COC(=O)Cc1c([C@@]2(C)CCCC(C)(C)C2)ccc2c1C(=O)OC2. The number of cyclic esters (lactones) is 1. The summed E-state index contributed by atoms with van der Waals surface area (Å²) in [5.41, 5.74) is 3.60. The highest BCUT2D eigenvalue weighted by Gasteiger charge is 2.41. The maximum Gasteiger partial charge on any atom is 0.339 e. The van der Waals surface area contributed by atoms with Gasteiger partial charge in [-0.15, -0.1) is 0 Å². The summed E-state index contributed by atoms with van der Waals surface area (Å²) >= 11 is 0. The van der Waals surface area contributed by atoms with Gasteiger partial charge >= 0.3 is 11.9 Å². The Morgan fingerprint density at radius 1 is 1.25 bits per heavy atom. The largest absolute Gasteiger partial charge is 0.469 e. The molecule has 4 nitrogen and oxygen atoms in total. The summed E-state index contributed by atoms with van der Waals surface area (Å²) < 4.78 is 10.1. The number of benzene rings is 1. The van der Waals surface area contributed by atoms with E-state index in [-0.39, 0.29) is 29.2 Å². The minimum atomic E-state index is -0.317. The normalized spacial score (nSPS) is 25.1. The van der Waals surface area contributed by atoms with Gasteiger partial charge in [0.1, 0.15) is 6.61 Å². The maximum atomic E-state index is 12.2. The van der Waals surface area contributed by atoms with Crippen molar-refractivity contribution in [1.82, 2.24) is 0 Å². The lowest BCUT2D eigenvalue weighted by Crippen LogP contribution is -2.35. The number of carbonyl (C=O) groups is 2. The number of hydrogen-bond donors (Lipinski definition) is 0. The number of fused-ring (bicyclic) bond motifs is 1. The zero-order valence-corrected chi connectivity index (χ0v) is 15.0. The molecule has 0 N–H and O–H groups in total. The van der Waals surface area contributed by atoms with Crippen LogP contribution in [0.2, 0.25) is 0 Å². The quantitative estimate of drug-likeness (QED) is 0.788. The van der Waals surface area contributed by atoms with Crippen LogP contribution in [0.25, 0.3) is 0 Å². The van der Waals surface area contributed by atoms with Crippen molar-refractivity contribution in [2.45, 2.75) is 64.9 Å². The van der Waals surface area contributed by atoms with Crippen LogP contribution < -0.4 is 0 Å². The standard InChI is InChI=1S/C20H26O4/c1-19(2)8-5-9-20(3,12-19)15-7-6-13-11-24-18(22)17(13)14(15)10-16(21)23-4/h6-7H,5,8-12H2,1-4H3/t20-/m0/s1. The van der Waals surface area contributed by atoms with Gasteiger partial charge in [0.2, 0.25) is 0 Å². The second kappa shape index (κ2) is 5.91. The molecule has 1 aliphatic carbocycles. The Balaban J connectivity index is 2.12. The zero-order chi connectivity index (χ0) is 17.5. The highest BCUT2D eigenvalue weighted by atomic mass is 16.5. The number of hydrogen-bond acceptors (Lipinski definition) is 4. The first-order valence-corrected chi connectivity index (χ1v) is 8.65. The first kappa shape index (κ1) is 17.0. The molecule has 0 amide bonds. The molecule has 0 spiro atoms. The molecule has 2 aliphatic rings. The molecule has 1 fully saturated rings. The van der Waals surface area contributed by atoms with Gasteiger partial charge in [-0.25, -0.2) is 4.79 Å². The Morgan fingerprint density at radius 3 is 2.67 bits per heavy atom. The van der Waals surface area contributed by atoms with Gasteiger partial charge in [0.05, 0.1) is 19.1 Å². The van der Waals surface area contributed by atoms with Crippen molar-refractivity contribution >= 4 is 11.9 Å². The minimum absolute atomic E-state index is 0.0387. The van der Waals surface area contributed by atoms with Crippen LogP contribution in [0.4, 0.5) is 0 Å². The summed E-state index contributed by atoms with van der Waals surface area (Å²) in [5.74, 6) is -0.632. The monoisotopic (exact) mass is 330 g/mol. The van der Waals surface area contributed by atoms with Crippen LogP contribution in [0.15, 0.2) is 12.1 Å². The van der Waals surface area contributed by atoms with Crippen molar-refractivity contribution < 1.29 is 19.1 Å². The van der Waals surface area contributed by atoms with E-state index in [1.54, 1.807) is 0 Å². The number of methoxy groups -OCH3 is 1. The van der Waals surface area contributed by atoms with Crippen molar-refractivity contribution in [2.75, 3.05) is 7.11 Å². The predicted molar refractivity (Wildman–Crippen MR) is 90.9 cm³/mol. The van der Waals surface area contributed by atoms with Gasteiger partial charge in [0.15, 0.2) is 0 Å². The molecule has 1 heterocycles. The molecule has 3 rings (SSSR count). The lowest BCUT2D eigenvalue weighted by molar-refractivity contribution is -0.139. The second-order valence-corrected chi connectivity index (χ2v) is 8.21. The topological polar surface area (TPSA) is 52.6 Å². The van der Waals surface area contributed by atoms with Gasteiger partial charge in [0, 0.05) is 5.56 Å². The van der Waals surface area contributed by atoms with Gasteiger partial charge in [-0.1, -0.05) is 39.3 Å². The van der Waals surface area contributed by atoms with Crippen LogP contribution in [-0.2, 0) is 32.7 Å². The predicted octanol–water partition coefficient (Wildman–Crippen LogP) is 3.93. The van der Waals surface area contributed by atoms with Crippen molar-refractivity contribution in [2.24, 2.45) is 5.41 Å². The van der Waals surface area contributed by atoms with Gasteiger partial charge in [-0.3, -0.25) is 4.79 Å². The average molecular weight is 330 g/mol. The summed E-state index contributed by atoms with van der Waals surface area (Å²) in [4.78, 5) is 24.2. The molecule has 0 saturated heterocycles. The molecule has 1 saturated carbocycles. The van der Waals surface area contributed by atoms with Gasteiger partial charge in [-0.05, 0) is 41.2 Å². The average Bonchev–Trinajstić information content (AvgIpc) is 2.88. The summed E-state index contributed by atoms with van der Waals surface area (Å²) in [6, 6.07) is 4.09. The highest BCUT2D eigenvalue weighted by Crippen LogP contribution is 2.49. The Labute approximate surface area is 143 Å². The summed E-state index contributed by atoms with van der Waals surface area (Å²) in [6.45, 7) is 7.15. The molecule has 1 aliphatic heterocycles. The first-order valence-electron chi connectivity index (χ1n) is 8.65. The number of esters is 2. The van der Waals surface area contributed by atoms with E-state index in [0.717, 1.165) is 36.0 Å². The van der Waals surface area contributed by atoms with Crippen LogP contribution in [0.3, 0.4) is 0 Å². The third-order valence-electron chi connectivity index (χ3n) is 5.61. The Kier molecular flexibility index (Phi) is 4.18. The first-order chi connectivity index (χ1) is 11.3. The van der Waals surface area contributed by atoms with Gasteiger partial charge < -0.3 is 9.47 Å². The summed E-state index contributed by atoms with van der Waals surface area (Å²) in [5, 5.41) is 0. The maximum absolute atomic E-state index is 12.2. The molecule has 1 atom stereocenters. The molecule has 4 heteroatoms. The number of rotatable bonds is 3. The van der Waals surface area contributed by atoms with E-state index < -0.39 is 0 Å². The lowest BCUT2D eigenvalue weighted by Gasteiger charge is -2.44. The number of carbonyl (C=O) groups excluding carboxylic acids is 2. The van der Waals surface area contributed by atoms with E-state index in [2.05, 4.69) is 26.8 Å². The molecule has 0 aromatic heterocycles. The molecule has 0 radical (unpaired) electrons. The van der Waals surface area contributed by atoms with E-state index in [9.17, 15) is 9.59 Å². The van der Waals surface area contributed by atoms with E-state index in [1.807, 2.05) is 6.07 Å². The van der Waals surface area contributed by atoms with Gasteiger partial charge in [-0.2, -0.15) is 0 Å². The van der Waals surface area contributed by atoms with Crippen LogP contribution in [-0.4, -0.2) is 19.0 Å². The third kappa shape index (κ3) is 2.94. The molecule has 1 aromatic rings. The van der Waals surface area contributed by atoms with Crippen molar-refractivity contribution in [3.63, 3.8) is 0 Å². The Hall–Kier alpha value is -1.84. The molecule has 24 heavy (non-hydrogen) atoms. The summed E-state index contributed by atoms with van der Waals surface area (Å²) in [7, 11) is 1.38. The molecule has 0 unspecified atom stereocenters. The fraction of sp³-hybridized carbons (Fsp3) is 0.600. The van der Waals surface area contributed by atoms with Crippen molar-refractivity contribution in [3.8, 4) is 0 Å². The summed E-state index contributed by atoms with van der Waals surface area (Å²) in [6.07, 6.45) is 4.60. The van der Waals surface area contributed by atoms with E-state index in [4.69, 9.17) is 9.47 Å². The molecule has 130 valence electrons. The molecule has 0 bridgehead atoms. The fourth-order valence-electron chi connectivity index (χ4n) is 4.67. The van der Waals surface area contributed by atoms with Crippen LogP contribution in [0.5, 0.6) is 0 Å². The zero-order valence-electron chi connectivity index (χ0n) is 15.0. The van der Waals surface area contributed by atoms with Crippen molar-refractivity contribution in [3.05, 3.63) is 34.4 Å². The highest BCUT2D eigenvalue weighted by molar-refractivity contribution is 5.96. The fourth-order valence-corrected chi connectivity index (χ4v) is 4.67. The van der Waals surface area contributed by atoms with E-state index in [1.165, 1.54) is 13.5 Å². The Bertz CT molecular complexity index is 689.